The third-order valence-corrected chi connectivity index (χ3v) is 5.37. The third kappa shape index (κ3) is 4.89. The second-order valence-corrected chi connectivity index (χ2v) is 7.30. The highest BCUT2D eigenvalue weighted by atomic mass is 16.5. The van der Waals surface area contributed by atoms with Gasteiger partial charge < -0.3 is 14.6 Å². The first-order valence-corrected chi connectivity index (χ1v) is 10.0. The topological polar surface area (TPSA) is 76.1 Å². The fourth-order valence-electron chi connectivity index (χ4n) is 3.69. The lowest BCUT2D eigenvalue weighted by Gasteiger charge is -2.27. The molecular formula is C24H27NO5. The Morgan fingerprint density at radius 2 is 1.80 bits per heavy atom. The number of likely N-dealkylation sites (tertiary alicyclic amines) is 1. The number of rotatable bonds is 8. The Hall–Kier alpha value is -3.12. The number of aromatic hydroxyl groups is 1. The number of piperidine rings is 1. The first-order valence-electron chi connectivity index (χ1n) is 10.0. The number of ketones is 1. The van der Waals surface area contributed by atoms with E-state index in [1.807, 2.05) is 12.1 Å². The number of hydrogen-bond acceptors (Lipinski definition) is 6. The van der Waals surface area contributed by atoms with Gasteiger partial charge in [0, 0.05) is 17.7 Å². The molecule has 2 aromatic rings. The minimum atomic E-state index is -0.391. The maximum atomic E-state index is 12.9. The summed E-state index contributed by atoms with van der Waals surface area (Å²) in [6, 6.07) is 8.80. The first-order chi connectivity index (χ1) is 14.6. The van der Waals surface area contributed by atoms with E-state index in [4.69, 9.17) is 9.47 Å². The minimum absolute atomic E-state index is 0.0693. The number of carbonyl (C=O) groups excluding carboxylic acids is 2. The number of allylic oxidation sites excluding steroid dienone is 1. The Balaban J connectivity index is 1.92. The third-order valence-electron chi connectivity index (χ3n) is 5.37. The minimum Gasteiger partial charge on any atom is -0.507 e. The van der Waals surface area contributed by atoms with Crippen molar-refractivity contribution in [2.45, 2.75) is 25.8 Å². The molecule has 0 aromatic heterocycles. The van der Waals surface area contributed by atoms with Crippen LogP contribution in [0.1, 0.15) is 51.1 Å². The molecular weight excluding hydrogens is 382 g/mol. The molecule has 1 fully saturated rings. The molecule has 1 heterocycles. The fraction of sp³-hybridized carbons (Fsp3) is 0.333. The van der Waals surface area contributed by atoms with Crippen molar-refractivity contribution in [3.05, 3.63) is 58.7 Å². The molecule has 6 heteroatoms. The number of phenols is 1. The predicted molar refractivity (Wildman–Crippen MR) is 116 cm³/mol. The highest BCUT2D eigenvalue weighted by Gasteiger charge is 2.24. The van der Waals surface area contributed by atoms with Gasteiger partial charge in [0.15, 0.2) is 12.1 Å². The summed E-state index contributed by atoms with van der Waals surface area (Å²) in [7, 11) is 3.01. The molecule has 0 radical (unpaired) electrons. The number of methoxy groups -OCH3 is 2. The zero-order valence-electron chi connectivity index (χ0n) is 17.4. The normalized spacial score (nSPS) is 14.6. The van der Waals surface area contributed by atoms with E-state index in [0.717, 1.165) is 37.2 Å². The van der Waals surface area contributed by atoms with Gasteiger partial charge in [-0.25, -0.2) is 0 Å². The van der Waals surface area contributed by atoms with Gasteiger partial charge >= 0.3 is 0 Å². The van der Waals surface area contributed by atoms with Crippen LogP contribution in [0, 0.1) is 0 Å². The average molecular weight is 409 g/mol. The molecule has 0 atom stereocenters. The maximum absolute atomic E-state index is 12.9. The van der Waals surface area contributed by atoms with Gasteiger partial charge in [-0.2, -0.15) is 0 Å². The summed E-state index contributed by atoms with van der Waals surface area (Å²) < 4.78 is 10.4. The molecule has 30 heavy (non-hydrogen) atoms. The van der Waals surface area contributed by atoms with E-state index in [1.54, 1.807) is 25.3 Å². The number of ether oxygens (including phenoxy) is 2. The molecule has 0 bridgehead atoms. The van der Waals surface area contributed by atoms with Crippen LogP contribution in [-0.2, 0) is 6.54 Å². The smallest absolute Gasteiger partial charge is 0.193 e. The summed E-state index contributed by atoms with van der Waals surface area (Å²) in [6.07, 6.45) is 7.12. The van der Waals surface area contributed by atoms with Crippen molar-refractivity contribution in [3.63, 3.8) is 0 Å². The van der Waals surface area contributed by atoms with Gasteiger partial charge in [-0.3, -0.25) is 14.5 Å². The van der Waals surface area contributed by atoms with Crippen LogP contribution in [0.15, 0.2) is 36.4 Å². The number of aldehydes is 1. The predicted octanol–water partition coefficient (Wildman–Crippen LogP) is 4.10. The van der Waals surface area contributed by atoms with Crippen LogP contribution in [0.3, 0.4) is 0 Å². The Bertz CT molecular complexity index is 928. The van der Waals surface area contributed by atoms with Crippen molar-refractivity contribution < 1.29 is 24.2 Å². The van der Waals surface area contributed by atoms with Crippen LogP contribution < -0.4 is 9.47 Å². The second kappa shape index (κ2) is 10.1. The molecule has 3 rings (SSSR count). The van der Waals surface area contributed by atoms with Crippen molar-refractivity contribution >= 4 is 18.1 Å². The number of hydrogen-bond donors (Lipinski definition) is 1. The van der Waals surface area contributed by atoms with Crippen LogP contribution in [0.2, 0.25) is 0 Å². The summed E-state index contributed by atoms with van der Waals surface area (Å²) in [6.45, 7) is 2.24. The van der Waals surface area contributed by atoms with Crippen molar-refractivity contribution in [3.8, 4) is 17.2 Å². The molecule has 2 aromatic carbocycles. The average Bonchev–Trinajstić information content (AvgIpc) is 2.79. The zero-order valence-corrected chi connectivity index (χ0v) is 17.4. The van der Waals surface area contributed by atoms with Gasteiger partial charge in [-0.15, -0.1) is 0 Å². The lowest BCUT2D eigenvalue weighted by molar-refractivity contribution is 0.103. The number of carbonyl (C=O) groups is 2. The van der Waals surface area contributed by atoms with Gasteiger partial charge in [-0.1, -0.05) is 24.6 Å². The summed E-state index contributed by atoms with van der Waals surface area (Å²) in [5, 5.41) is 10.9. The first kappa shape index (κ1) is 21.6. The van der Waals surface area contributed by atoms with E-state index in [-0.39, 0.29) is 17.1 Å². The molecule has 0 unspecified atom stereocenters. The monoisotopic (exact) mass is 409 g/mol. The Kier molecular flexibility index (Phi) is 7.25. The molecule has 0 spiro atoms. The van der Waals surface area contributed by atoms with Crippen molar-refractivity contribution in [1.29, 1.82) is 0 Å². The maximum Gasteiger partial charge on any atom is 0.193 e. The highest BCUT2D eigenvalue weighted by Crippen LogP contribution is 2.36. The van der Waals surface area contributed by atoms with Crippen molar-refractivity contribution in [2.75, 3.05) is 27.3 Å². The van der Waals surface area contributed by atoms with Crippen LogP contribution in [-0.4, -0.2) is 49.4 Å². The molecule has 1 N–H and O–H groups in total. The Morgan fingerprint density at radius 1 is 1.10 bits per heavy atom. The number of benzene rings is 2. The Morgan fingerprint density at radius 3 is 2.40 bits per heavy atom. The summed E-state index contributed by atoms with van der Waals surface area (Å²) >= 11 is 0. The molecule has 0 amide bonds. The molecule has 1 aliphatic rings. The van der Waals surface area contributed by atoms with Crippen LogP contribution in [0.4, 0.5) is 0 Å². The van der Waals surface area contributed by atoms with Crippen molar-refractivity contribution in [2.24, 2.45) is 0 Å². The van der Waals surface area contributed by atoms with E-state index in [9.17, 15) is 14.7 Å². The van der Waals surface area contributed by atoms with Crippen LogP contribution in [0.5, 0.6) is 17.2 Å². The molecule has 0 saturated carbocycles. The van der Waals surface area contributed by atoms with Crippen molar-refractivity contribution in [1.82, 2.24) is 4.90 Å². The van der Waals surface area contributed by atoms with Crippen LogP contribution in [0.25, 0.3) is 6.08 Å². The SMILES string of the molecule is COc1ccc(/C=C/C(=O)c2c(OC)cc(C=O)c(CN3CCCCC3)c2O)cc1. The number of nitrogens with zero attached hydrogens (tertiary/aromatic N) is 1. The van der Waals surface area contributed by atoms with E-state index < -0.39 is 5.78 Å². The Labute approximate surface area is 176 Å². The van der Waals surface area contributed by atoms with E-state index >= 15 is 0 Å². The van der Waals surface area contributed by atoms with Gasteiger partial charge in [-0.05, 0) is 55.8 Å². The van der Waals surface area contributed by atoms with Gasteiger partial charge in [0.1, 0.15) is 22.8 Å². The van der Waals surface area contributed by atoms with Gasteiger partial charge in [0.25, 0.3) is 0 Å². The van der Waals surface area contributed by atoms with E-state index in [0.29, 0.717) is 24.0 Å². The van der Waals surface area contributed by atoms with E-state index in [2.05, 4.69) is 4.90 Å². The molecule has 1 aliphatic heterocycles. The fourth-order valence-corrected chi connectivity index (χ4v) is 3.69. The standard InChI is InChI=1S/C24H27NO5/c1-29-19-9-6-17(7-10-19)8-11-21(27)23-22(30-2)14-18(16-26)20(24(23)28)15-25-12-4-3-5-13-25/h6-11,14,16,28H,3-5,12-13,15H2,1-2H3/b11-8+. The van der Waals surface area contributed by atoms with E-state index in [1.165, 1.54) is 25.7 Å². The molecule has 6 nitrogen and oxygen atoms in total. The zero-order chi connectivity index (χ0) is 21.5. The molecule has 1 saturated heterocycles. The summed E-state index contributed by atoms with van der Waals surface area (Å²) in [5.74, 6) is 0.329. The highest BCUT2D eigenvalue weighted by molar-refractivity contribution is 6.11. The lowest BCUT2D eigenvalue weighted by Crippen LogP contribution is -2.29. The van der Waals surface area contributed by atoms with Crippen LogP contribution >= 0.6 is 0 Å². The quantitative estimate of drug-likeness (QED) is 0.402. The largest absolute Gasteiger partial charge is 0.507 e. The molecule has 158 valence electrons. The summed E-state index contributed by atoms with van der Waals surface area (Å²) in [5.41, 5.74) is 1.69. The second-order valence-electron chi connectivity index (χ2n) is 7.30. The lowest BCUT2D eigenvalue weighted by atomic mass is 9.97. The molecule has 0 aliphatic carbocycles. The number of phenolic OH excluding ortho intramolecular Hbond substituents is 1. The summed E-state index contributed by atoms with van der Waals surface area (Å²) in [4.78, 5) is 26.8. The van der Waals surface area contributed by atoms with Gasteiger partial charge in [0.05, 0.1) is 14.2 Å². The van der Waals surface area contributed by atoms with Gasteiger partial charge in [0.2, 0.25) is 0 Å².